The summed E-state index contributed by atoms with van der Waals surface area (Å²) in [4.78, 5) is 2.12. The Hall–Kier alpha value is -2.12. The molecular formula is C24H29NO2. The second-order valence-electron chi connectivity index (χ2n) is 7.69. The summed E-state index contributed by atoms with van der Waals surface area (Å²) in [5.74, 6) is 6.43. The van der Waals surface area contributed by atoms with Crippen molar-refractivity contribution in [3.63, 3.8) is 0 Å². The molecule has 3 heteroatoms. The maximum absolute atomic E-state index is 11.3. The molecule has 1 N–H and O–H groups in total. The van der Waals surface area contributed by atoms with Gasteiger partial charge in [-0.25, -0.2) is 0 Å². The molecule has 1 aliphatic carbocycles. The van der Waals surface area contributed by atoms with E-state index in [9.17, 15) is 5.11 Å². The van der Waals surface area contributed by atoms with E-state index in [-0.39, 0.29) is 12.0 Å². The van der Waals surface area contributed by atoms with Crippen molar-refractivity contribution in [3.05, 3.63) is 71.8 Å². The van der Waals surface area contributed by atoms with Gasteiger partial charge in [0, 0.05) is 18.0 Å². The molecule has 0 heterocycles. The summed E-state index contributed by atoms with van der Waals surface area (Å²) >= 11 is 0. The van der Waals surface area contributed by atoms with Gasteiger partial charge in [0.15, 0.2) is 0 Å². The molecule has 0 spiro atoms. The predicted octanol–water partition coefficient (Wildman–Crippen LogP) is 3.72. The molecule has 3 atom stereocenters. The van der Waals surface area contributed by atoms with Crippen LogP contribution in [0, 0.1) is 17.8 Å². The van der Waals surface area contributed by atoms with E-state index in [2.05, 4.69) is 28.9 Å². The minimum absolute atomic E-state index is 0.0678. The molecule has 27 heavy (non-hydrogen) atoms. The molecule has 3 unspecified atom stereocenters. The maximum Gasteiger partial charge on any atom is 0.130 e. The largest absolute Gasteiger partial charge is 0.377 e. The van der Waals surface area contributed by atoms with E-state index in [0.717, 1.165) is 24.9 Å². The van der Waals surface area contributed by atoms with Gasteiger partial charge in [0.1, 0.15) is 5.60 Å². The highest BCUT2D eigenvalue weighted by atomic mass is 16.5. The van der Waals surface area contributed by atoms with Crippen LogP contribution in [0.3, 0.4) is 0 Å². The average molecular weight is 364 g/mol. The standard InChI is InChI=1S/C24H29NO2/c1-25(2)18-22-17-23(27-19-21-11-7-4-8-12-21)14-16-24(22,26)15-13-20-9-5-3-6-10-20/h3-12,22-23,26H,14,16-19H2,1-2H3. The van der Waals surface area contributed by atoms with Crippen LogP contribution < -0.4 is 0 Å². The zero-order valence-electron chi connectivity index (χ0n) is 16.3. The lowest BCUT2D eigenvalue weighted by atomic mass is 9.74. The molecule has 0 aromatic heterocycles. The molecule has 2 aromatic rings. The summed E-state index contributed by atoms with van der Waals surface area (Å²) < 4.78 is 6.16. The summed E-state index contributed by atoms with van der Waals surface area (Å²) in [6.07, 6.45) is 2.46. The van der Waals surface area contributed by atoms with Gasteiger partial charge in [-0.1, -0.05) is 60.4 Å². The zero-order chi connectivity index (χ0) is 19.1. The van der Waals surface area contributed by atoms with Crippen LogP contribution in [-0.2, 0) is 11.3 Å². The smallest absolute Gasteiger partial charge is 0.130 e. The lowest BCUT2D eigenvalue weighted by molar-refractivity contribution is -0.0751. The minimum atomic E-state index is -0.966. The lowest BCUT2D eigenvalue weighted by Crippen LogP contribution is -2.48. The zero-order valence-corrected chi connectivity index (χ0v) is 16.3. The van der Waals surface area contributed by atoms with E-state index in [1.807, 2.05) is 62.6 Å². The van der Waals surface area contributed by atoms with Crippen LogP contribution in [0.25, 0.3) is 0 Å². The van der Waals surface area contributed by atoms with E-state index in [4.69, 9.17) is 4.74 Å². The number of hydrogen-bond donors (Lipinski definition) is 1. The van der Waals surface area contributed by atoms with Crippen molar-refractivity contribution in [2.45, 2.75) is 37.6 Å². The Kier molecular flexibility index (Phi) is 6.68. The average Bonchev–Trinajstić information content (AvgIpc) is 2.68. The van der Waals surface area contributed by atoms with Crippen LogP contribution in [0.2, 0.25) is 0 Å². The number of aliphatic hydroxyl groups is 1. The first kappa shape index (κ1) is 19.6. The molecule has 3 nitrogen and oxygen atoms in total. The van der Waals surface area contributed by atoms with Crippen LogP contribution in [0.4, 0.5) is 0 Å². The van der Waals surface area contributed by atoms with Crippen molar-refractivity contribution in [1.82, 2.24) is 4.90 Å². The molecule has 1 fully saturated rings. The quantitative estimate of drug-likeness (QED) is 0.822. The first-order valence-electron chi connectivity index (χ1n) is 9.66. The first-order valence-corrected chi connectivity index (χ1v) is 9.66. The van der Waals surface area contributed by atoms with Gasteiger partial charge in [-0.05, 0) is 51.1 Å². The number of rotatable bonds is 5. The summed E-state index contributed by atoms with van der Waals surface area (Å²) in [6, 6.07) is 20.1. The van der Waals surface area contributed by atoms with Gasteiger partial charge in [-0.15, -0.1) is 0 Å². The van der Waals surface area contributed by atoms with E-state index in [1.54, 1.807) is 0 Å². The summed E-state index contributed by atoms with van der Waals surface area (Å²) in [5.41, 5.74) is 1.16. The predicted molar refractivity (Wildman–Crippen MR) is 109 cm³/mol. The Morgan fingerprint density at radius 3 is 2.41 bits per heavy atom. The monoisotopic (exact) mass is 363 g/mol. The van der Waals surface area contributed by atoms with E-state index < -0.39 is 5.60 Å². The fourth-order valence-electron chi connectivity index (χ4n) is 3.69. The van der Waals surface area contributed by atoms with Crippen LogP contribution in [0.15, 0.2) is 60.7 Å². The van der Waals surface area contributed by atoms with Crippen LogP contribution in [0.5, 0.6) is 0 Å². The number of benzene rings is 2. The van der Waals surface area contributed by atoms with Gasteiger partial charge in [0.2, 0.25) is 0 Å². The summed E-state index contributed by atoms with van der Waals surface area (Å²) in [5, 5.41) is 11.3. The molecule has 0 aliphatic heterocycles. The fraction of sp³-hybridized carbons (Fsp3) is 0.417. The Morgan fingerprint density at radius 2 is 1.74 bits per heavy atom. The van der Waals surface area contributed by atoms with Gasteiger partial charge in [-0.2, -0.15) is 0 Å². The van der Waals surface area contributed by atoms with Gasteiger partial charge >= 0.3 is 0 Å². The van der Waals surface area contributed by atoms with Crippen molar-refractivity contribution in [2.24, 2.45) is 5.92 Å². The number of ether oxygens (including phenoxy) is 1. The van der Waals surface area contributed by atoms with E-state index in [0.29, 0.717) is 13.0 Å². The highest BCUT2D eigenvalue weighted by Crippen LogP contribution is 2.36. The molecule has 0 saturated heterocycles. The van der Waals surface area contributed by atoms with E-state index in [1.165, 1.54) is 5.56 Å². The summed E-state index contributed by atoms with van der Waals surface area (Å²) in [7, 11) is 4.08. The summed E-state index contributed by atoms with van der Waals surface area (Å²) in [6.45, 7) is 1.42. The third-order valence-corrected chi connectivity index (χ3v) is 5.18. The van der Waals surface area contributed by atoms with Crippen molar-refractivity contribution in [3.8, 4) is 11.8 Å². The molecule has 2 aromatic carbocycles. The van der Waals surface area contributed by atoms with Crippen molar-refractivity contribution >= 4 is 0 Å². The van der Waals surface area contributed by atoms with Crippen molar-refractivity contribution in [1.29, 1.82) is 0 Å². The van der Waals surface area contributed by atoms with Gasteiger partial charge < -0.3 is 14.7 Å². The van der Waals surface area contributed by atoms with Crippen molar-refractivity contribution < 1.29 is 9.84 Å². The van der Waals surface area contributed by atoms with Gasteiger partial charge in [0.25, 0.3) is 0 Å². The van der Waals surface area contributed by atoms with E-state index >= 15 is 0 Å². The Balaban J connectivity index is 1.68. The molecular weight excluding hydrogens is 334 g/mol. The van der Waals surface area contributed by atoms with Gasteiger partial charge in [-0.3, -0.25) is 0 Å². The van der Waals surface area contributed by atoms with Crippen LogP contribution in [-0.4, -0.2) is 42.4 Å². The third kappa shape index (κ3) is 5.68. The normalized spacial score (nSPS) is 25.0. The Labute approximate surface area is 163 Å². The SMILES string of the molecule is CN(C)CC1CC(OCc2ccccc2)CCC1(O)C#Cc1ccccc1. The van der Waals surface area contributed by atoms with Crippen LogP contribution in [0.1, 0.15) is 30.4 Å². The molecule has 3 rings (SSSR count). The second-order valence-corrected chi connectivity index (χ2v) is 7.69. The second kappa shape index (κ2) is 9.19. The Morgan fingerprint density at radius 1 is 1.07 bits per heavy atom. The highest BCUT2D eigenvalue weighted by molar-refractivity contribution is 5.36. The fourth-order valence-corrected chi connectivity index (χ4v) is 3.69. The molecule has 0 amide bonds. The van der Waals surface area contributed by atoms with Crippen molar-refractivity contribution in [2.75, 3.05) is 20.6 Å². The minimum Gasteiger partial charge on any atom is -0.377 e. The first-order chi connectivity index (χ1) is 13.0. The molecule has 1 aliphatic rings. The number of nitrogens with zero attached hydrogens (tertiary/aromatic N) is 1. The Bertz CT molecular complexity index is 763. The maximum atomic E-state index is 11.3. The lowest BCUT2D eigenvalue weighted by Gasteiger charge is -2.41. The molecule has 142 valence electrons. The molecule has 0 bridgehead atoms. The third-order valence-electron chi connectivity index (χ3n) is 5.18. The highest BCUT2D eigenvalue weighted by Gasteiger charge is 2.41. The van der Waals surface area contributed by atoms with Crippen LogP contribution >= 0.6 is 0 Å². The topological polar surface area (TPSA) is 32.7 Å². The molecule has 0 radical (unpaired) electrons. The number of hydrogen-bond acceptors (Lipinski definition) is 3. The molecule has 1 saturated carbocycles. The van der Waals surface area contributed by atoms with Gasteiger partial charge in [0.05, 0.1) is 12.7 Å².